The summed E-state index contributed by atoms with van der Waals surface area (Å²) in [4.78, 5) is 25.1. The maximum absolute atomic E-state index is 12.1. The van der Waals surface area contributed by atoms with E-state index >= 15 is 0 Å². The van der Waals surface area contributed by atoms with Gasteiger partial charge in [-0.25, -0.2) is 0 Å². The third kappa shape index (κ3) is 4.46. The summed E-state index contributed by atoms with van der Waals surface area (Å²) in [7, 11) is 0. The lowest BCUT2D eigenvalue weighted by Gasteiger charge is -2.31. The van der Waals surface area contributed by atoms with E-state index in [9.17, 15) is 9.59 Å². The molecule has 1 aromatic rings. The lowest BCUT2D eigenvalue weighted by molar-refractivity contribution is -0.133. The van der Waals surface area contributed by atoms with E-state index in [2.05, 4.69) is 0 Å². The number of likely N-dealkylation sites (tertiary alicyclic amines) is 1. The van der Waals surface area contributed by atoms with Gasteiger partial charge in [0, 0.05) is 18.7 Å². The molecule has 2 amide bonds. The highest BCUT2D eigenvalue weighted by Crippen LogP contribution is 2.17. The molecule has 0 spiro atoms. The molecule has 0 aromatic heterocycles. The molecular formula is C16H23N3O3. The number of amides is 2. The number of nitrogens with two attached hydrogens (primary N) is 2. The zero-order valence-corrected chi connectivity index (χ0v) is 12.7. The molecule has 1 aliphatic heterocycles. The number of rotatable bonds is 6. The van der Waals surface area contributed by atoms with Crippen LogP contribution in [0.15, 0.2) is 24.3 Å². The van der Waals surface area contributed by atoms with Crippen LogP contribution in [0.2, 0.25) is 0 Å². The first-order chi connectivity index (χ1) is 10.6. The summed E-state index contributed by atoms with van der Waals surface area (Å²) >= 11 is 0. The normalized spacial score (nSPS) is 15.6. The van der Waals surface area contributed by atoms with Crippen LogP contribution in [0.3, 0.4) is 0 Å². The Labute approximate surface area is 130 Å². The fraction of sp³-hybridized carbons (Fsp3) is 0.500. The second-order valence-electron chi connectivity index (χ2n) is 5.55. The van der Waals surface area contributed by atoms with Crippen LogP contribution in [0.4, 0.5) is 0 Å². The van der Waals surface area contributed by atoms with Gasteiger partial charge in [0.2, 0.25) is 11.8 Å². The summed E-state index contributed by atoms with van der Waals surface area (Å²) < 4.78 is 5.53. The van der Waals surface area contributed by atoms with Gasteiger partial charge in [-0.1, -0.05) is 6.07 Å². The standard InChI is InChI=1S/C16H23N3O3/c17-11-12-4-7-19(8-5-12)15(20)6-9-22-14-3-1-2-13(10-14)16(18)21/h1-3,10,12H,4-9,11,17H2,(H2,18,21). The second-order valence-corrected chi connectivity index (χ2v) is 5.55. The molecule has 4 N–H and O–H groups in total. The van der Waals surface area contributed by atoms with Crippen molar-refractivity contribution >= 4 is 11.8 Å². The number of hydrogen-bond donors (Lipinski definition) is 2. The predicted molar refractivity (Wildman–Crippen MR) is 83.4 cm³/mol. The van der Waals surface area contributed by atoms with Gasteiger partial charge in [-0.2, -0.15) is 0 Å². The maximum atomic E-state index is 12.1. The van der Waals surface area contributed by atoms with Crippen molar-refractivity contribution in [2.45, 2.75) is 19.3 Å². The molecule has 22 heavy (non-hydrogen) atoms. The van der Waals surface area contributed by atoms with E-state index in [1.165, 1.54) is 0 Å². The van der Waals surface area contributed by atoms with Crippen molar-refractivity contribution in [3.8, 4) is 5.75 Å². The van der Waals surface area contributed by atoms with Gasteiger partial charge in [-0.3, -0.25) is 9.59 Å². The summed E-state index contributed by atoms with van der Waals surface area (Å²) in [5, 5.41) is 0. The monoisotopic (exact) mass is 305 g/mol. The van der Waals surface area contributed by atoms with Crippen LogP contribution in [-0.4, -0.2) is 43.0 Å². The molecule has 6 nitrogen and oxygen atoms in total. The maximum Gasteiger partial charge on any atom is 0.248 e. The Morgan fingerprint density at radius 1 is 1.27 bits per heavy atom. The van der Waals surface area contributed by atoms with E-state index in [0.717, 1.165) is 25.9 Å². The number of primary amides is 1. The van der Waals surface area contributed by atoms with Crippen LogP contribution in [-0.2, 0) is 4.79 Å². The Balaban J connectivity index is 1.75. The Morgan fingerprint density at radius 3 is 2.64 bits per heavy atom. The van der Waals surface area contributed by atoms with Crippen molar-refractivity contribution in [1.29, 1.82) is 0 Å². The second kappa shape index (κ2) is 7.79. The van der Waals surface area contributed by atoms with Crippen LogP contribution in [0.25, 0.3) is 0 Å². The molecule has 0 bridgehead atoms. The first-order valence-corrected chi connectivity index (χ1v) is 7.60. The Bertz CT molecular complexity index is 525. The van der Waals surface area contributed by atoms with E-state index in [1.807, 2.05) is 4.90 Å². The van der Waals surface area contributed by atoms with E-state index in [0.29, 0.717) is 30.2 Å². The molecule has 0 atom stereocenters. The molecule has 1 heterocycles. The smallest absolute Gasteiger partial charge is 0.248 e. The molecule has 0 unspecified atom stereocenters. The highest BCUT2D eigenvalue weighted by Gasteiger charge is 2.21. The molecule has 1 saturated heterocycles. The van der Waals surface area contributed by atoms with Gasteiger partial charge < -0.3 is 21.1 Å². The molecule has 0 aliphatic carbocycles. The lowest BCUT2D eigenvalue weighted by Crippen LogP contribution is -2.40. The van der Waals surface area contributed by atoms with Gasteiger partial charge in [0.1, 0.15) is 5.75 Å². The van der Waals surface area contributed by atoms with E-state index in [-0.39, 0.29) is 12.5 Å². The number of piperidine rings is 1. The van der Waals surface area contributed by atoms with E-state index < -0.39 is 5.91 Å². The van der Waals surface area contributed by atoms with Crippen molar-refractivity contribution < 1.29 is 14.3 Å². The minimum absolute atomic E-state index is 0.0986. The average molecular weight is 305 g/mol. The zero-order valence-electron chi connectivity index (χ0n) is 12.7. The fourth-order valence-electron chi connectivity index (χ4n) is 2.57. The summed E-state index contributed by atoms with van der Waals surface area (Å²) in [6.45, 7) is 2.54. The number of benzene rings is 1. The van der Waals surface area contributed by atoms with Gasteiger partial charge in [0.15, 0.2) is 0 Å². The number of nitrogens with zero attached hydrogens (tertiary/aromatic N) is 1. The largest absolute Gasteiger partial charge is 0.493 e. The van der Waals surface area contributed by atoms with E-state index in [4.69, 9.17) is 16.2 Å². The average Bonchev–Trinajstić information content (AvgIpc) is 2.55. The van der Waals surface area contributed by atoms with Crippen molar-refractivity contribution in [3.63, 3.8) is 0 Å². The molecule has 2 rings (SSSR count). The minimum Gasteiger partial charge on any atom is -0.493 e. The Kier molecular flexibility index (Phi) is 5.77. The molecular weight excluding hydrogens is 282 g/mol. The number of carbonyl (C=O) groups is 2. The summed E-state index contributed by atoms with van der Waals surface area (Å²) in [6, 6.07) is 6.65. The molecule has 120 valence electrons. The van der Waals surface area contributed by atoms with Gasteiger partial charge in [-0.15, -0.1) is 0 Å². The van der Waals surface area contributed by atoms with Crippen molar-refractivity contribution in [3.05, 3.63) is 29.8 Å². The van der Waals surface area contributed by atoms with Crippen LogP contribution in [0.1, 0.15) is 29.6 Å². The van der Waals surface area contributed by atoms with Crippen LogP contribution in [0.5, 0.6) is 5.75 Å². The highest BCUT2D eigenvalue weighted by molar-refractivity contribution is 5.93. The van der Waals surface area contributed by atoms with E-state index in [1.54, 1.807) is 24.3 Å². The fourth-order valence-corrected chi connectivity index (χ4v) is 2.57. The highest BCUT2D eigenvalue weighted by atomic mass is 16.5. The van der Waals surface area contributed by atoms with Crippen LogP contribution < -0.4 is 16.2 Å². The molecule has 0 radical (unpaired) electrons. The number of hydrogen-bond acceptors (Lipinski definition) is 4. The van der Waals surface area contributed by atoms with Crippen molar-refractivity contribution in [1.82, 2.24) is 4.90 Å². The van der Waals surface area contributed by atoms with Crippen molar-refractivity contribution in [2.75, 3.05) is 26.2 Å². The van der Waals surface area contributed by atoms with Crippen LogP contribution >= 0.6 is 0 Å². The molecule has 6 heteroatoms. The first-order valence-electron chi connectivity index (χ1n) is 7.60. The first kappa shape index (κ1) is 16.3. The summed E-state index contributed by atoms with van der Waals surface area (Å²) in [6.07, 6.45) is 2.28. The SMILES string of the molecule is NCC1CCN(C(=O)CCOc2cccc(C(N)=O)c2)CC1. The Morgan fingerprint density at radius 2 is 2.00 bits per heavy atom. The quantitative estimate of drug-likeness (QED) is 0.810. The van der Waals surface area contributed by atoms with Crippen LogP contribution in [0, 0.1) is 5.92 Å². The topological polar surface area (TPSA) is 98.7 Å². The zero-order chi connectivity index (χ0) is 15.9. The lowest BCUT2D eigenvalue weighted by atomic mass is 9.97. The number of ether oxygens (including phenoxy) is 1. The molecule has 1 aliphatic rings. The minimum atomic E-state index is -0.496. The summed E-state index contributed by atoms with van der Waals surface area (Å²) in [5.41, 5.74) is 11.3. The predicted octanol–water partition coefficient (Wildman–Crippen LogP) is 0.752. The molecule has 0 saturated carbocycles. The number of carbonyl (C=O) groups excluding carboxylic acids is 2. The third-order valence-electron chi connectivity index (χ3n) is 4.00. The van der Waals surface area contributed by atoms with Gasteiger partial charge in [0.05, 0.1) is 13.0 Å². The van der Waals surface area contributed by atoms with Gasteiger partial charge >= 0.3 is 0 Å². The molecule has 1 fully saturated rings. The Hall–Kier alpha value is -2.08. The third-order valence-corrected chi connectivity index (χ3v) is 4.00. The van der Waals surface area contributed by atoms with Crippen molar-refractivity contribution in [2.24, 2.45) is 17.4 Å². The summed E-state index contributed by atoms with van der Waals surface area (Å²) in [5.74, 6) is 0.689. The van der Waals surface area contributed by atoms with Gasteiger partial charge in [0.25, 0.3) is 0 Å². The van der Waals surface area contributed by atoms with Gasteiger partial charge in [-0.05, 0) is 43.5 Å². The molecule has 1 aromatic carbocycles.